The fourth-order valence-corrected chi connectivity index (χ4v) is 2.24. The van der Waals surface area contributed by atoms with Gasteiger partial charge in [-0.05, 0) is 18.2 Å². The minimum absolute atomic E-state index is 0.239. The number of nitrogens with two attached hydrogens (primary N) is 1. The Morgan fingerprint density at radius 1 is 1.48 bits per heavy atom. The Balaban J connectivity index is 1.73. The number of halogens is 1. The predicted molar refractivity (Wildman–Crippen MR) is 80.9 cm³/mol. The lowest BCUT2D eigenvalue weighted by Gasteiger charge is -2.13. The molecule has 0 aliphatic heterocycles. The van der Waals surface area contributed by atoms with Crippen LogP contribution in [0, 0.1) is 5.82 Å². The maximum Gasteiger partial charge on any atom is 0.276 e. The maximum atomic E-state index is 13.2. The summed E-state index contributed by atoms with van der Waals surface area (Å²) in [6.07, 6.45) is 1.56. The fourth-order valence-electron chi connectivity index (χ4n) is 2.24. The van der Waals surface area contributed by atoms with Crippen molar-refractivity contribution in [3.05, 3.63) is 41.7 Å². The van der Waals surface area contributed by atoms with Crippen molar-refractivity contribution in [1.82, 2.24) is 29.9 Å². The zero-order valence-electron chi connectivity index (χ0n) is 12.5. The van der Waals surface area contributed by atoms with Crippen LogP contribution in [0.1, 0.15) is 16.3 Å². The van der Waals surface area contributed by atoms with E-state index in [9.17, 15) is 9.18 Å². The first kappa shape index (κ1) is 15.1. The molecule has 9 heteroatoms. The third-order valence-electron chi connectivity index (χ3n) is 3.34. The van der Waals surface area contributed by atoms with E-state index in [-0.39, 0.29) is 24.0 Å². The summed E-state index contributed by atoms with van der Waals surface area (Å²) in [6, 6.07) is 4.30. The van der Waals surface area contributed by atoms with Crippen molar-refractivity contribution in [3.63, 3.8) is 0 Å². The molecular weight excluding hydrogens is 301 g/mol. The molecule has 1 amide bonds. The van der Waals surface area contributed by atoms with Gasteiger partial charge in [-0.1, -0.05) is 5.21 Å². The molecule has 0 atom stereocenters. The summed E-state index contributed by atoms with van der Waals surface area (Å²) in [5.74, 6) is -0.0515. The number of aromatic nitrogens is 5. The first-order valence-corrected chi connectivity index (χ1v) is 7.06. The molecule has 2 aromatic heterocycles. The lowest BCUT2D eigenvalue weighted by atomic mass is 10.3. The van der Waals surface area contributed by atoms with Crippen LogP contribution in [0.4, 0.5) is 4.39 Å². The van der Waals surface area contributed by atoms with Crippen LogP contribution in [0.2, 0.25) is 0 Å². The lowest BCUT2D eigenvalue weighted by molar-refractivity contribution is 0.0776. The van der Waals surface area contributed by atoms with Crippen molar-refractivity contribution in [2.45, 2.75) is 13.1 Å². The van der Waals surface area contributed by atoms with Gasteiger partial charge in [-0.15, -0.1) is 5.10 Å². The minimum Gasteiger partial charge on any atom is -0.340 e. The van der Waals surface area contributed by atoms with Gasteiger partial charge in [-0.2, -0.15) is 0 Å². The number of nitrogens with zero attached hydrogens (tertiary/aromatic N) is 5. The molecule has 3 aromatic rings. The monoisotopic (exact) mass is 317 g/mol. The SMILES string of the molecule is CN(Cc1nc2ccc(F)cc2[nH]1)C(=O)c1cn(CCN)nn1. The zero-order valence-corrected chi connectivity index (χ0v) is 12.5. The van der Waals surface area contributed by atoms with Gasteiger partial charge in [0.15, 0.2) is 5.69 Å². The topological polar surface area (TPSA) is 106 Å². The van der Waals surface area contributed by atoms with Gasteiger partial charge < -0.3 is 15.6 Å². The molecule has 0 bridgehead atoms. The van der Waals surface area contributed by atoms with Gasteiger partial charge >= 0.3 is 0 Å². The van der Waals surface area contributed by atoms with Crippen molar-refractivity contribution in [1.29, 1.82) is 0 Å². The van der Waals surface area contributed by atoms with Crippen LogP contribution in [0.3, 0.4) is 0 Å². The van der Waals surface area contributed by atoms with Crippen molar-refractivity contribution in [2.24, 2.45) is 5.73 Å². The number of H-pyrrole nitrogens is 1. The van der Waals surface area contributed by atoms with Gasteiger partial charge in [0.05, 0.1) is 30.3 Å². The van der Waals surface area contributed by atoms with Gasteiger partial charge in [-0.3, -0.25) is 9.48 Å². The molecule has 8 nitrogen and oxygen atoms in total. The summed E-state index contributed by atoms with van der Waals surface area (Å²) in [4.78, 5) is 21.1. The number of hydrogen-bond acceptors (Lipinski definition) is 5. The number of imidazole rings is 1. The molecule has 1 aromatic carbocycles. The second-order valence-corrected chi connectivity index (χ2v) is 5.16. The highest BCUT2D eigenvalue weighted by molar-refractivity contribution is 5.91. The first-order chi connectivity index (χ1) is 11.1. The van der Waals surface area contributed by atoms with E-state index in [1.54, 1.807) is 19.3 Å². The summed E-state index contributed by atoms with van der Waals surface area (Å²) >= 11 is 0. The molecule has 0 radical (unpaired) electrons. The molecule has 0 fully saturated rings. The Morgan fingerprint density at radius 2 is 2.30 bits per heavy atom. The van der Waals surface area contributed by atoms with E-state index in [0.29, 0.717) is 29.9 Å². The summed E-state index contributed by atoms with van der Waals surface area (Å²) in [6.45, 7) is 1.17. The highest BCUT2D eigenvalue weighted by Crippen LogP contribution is 2.14. The smallest absolute Gasteiger partial charge is 0.276 e. The van der Waals surface area contributed by atoms with E-state index < -0.39 is 0 Å². The second-order valence-electron chi connectivity index (χ2n) is 5.16. The van der Waals surface area contributed by atoms with E-state index in [1.807, 2.05) is 0 Å². The van der Waals surface area contributed by atoms with Crippen LogP contribution < -0.4 is 5.73 Å². The number of carbonyl (C=O) groups excluding carboxylic acids is 1. The third kappa shape index (κ3) is 3.19. The van der Waals surface area contributed by atoms with Crippen LogP contribution in [0.15, 0.2) is 24.4 Å². The Bertz CT molecular complexity index is 841. The van der Waals surface area contributed by atoms with E-state index >= 15 is 0 Å². The van der Waals surface area contributed by atoms with E-state index in [0.717, 1.165) is 0 Å². The molecule has 3 rings (SSSR count). The maximum absolute atomic E-state index is 13.2. The van der Waals surface area contributed by atoms with Gasteiger partial charge in [0.25, 0.3) is 5.91 Å². The van der Waals surface area contributed by atoms with Gasteiger partial charge in [0, 0.05) is 13.6 Å². The number of amides is 1. The molecule has 0 saturated heterocycles. The van der Waals surface area contributed by atoms with Crippen LogP contribution in [-0.4, -0.2) is 49.4 Å². The highest BCUT2D eigenvalue weighted by atomic mass is 19.1. The largest absolute Gasteiger partial charge is 0.340 e. The molecule has 120 valence electrons. The van der Waals surface area contributed by atoms with E-state index in [1.165, 1.54) is 21.7 Å². The third-order valence-corrected chi connectivity index (χ3v) is 3.34. The lowest BCUT2D eigenvalue weighted by Crippen LogP contribution is -2.27. The number of benzene rings is 1. The average molecular weight is 317 g/mol. The molecule has 23 heavy (non-hydrogen) atoms. The Morgan fingerprint density at radius 3 is 3.09 bits per heavy atom. The summed E-state index contributed by atoms with van der Waals surface area (Å²) in [5, 5.41) is 7.67. The molecule has 2 heterocycles. The Kier molecular flexibility index (Phi) is 4.02. The van der Waals surface area contributed by atoms with Gasteiger partial charge in [0.2, 0.25) is 0 Å². The number of rotatable bonds is 5. The number of aromatic amines is 1. The Labute approximate surface area is 131 Å². The Hall–Kier alpha value is -2.81. The molecule has 0 spiro atoms. The van der Waals surface area contributed by atoms with E-state index in [4.69, 9.17) is 5.73 Å². The van der Waals surface area contributed by atoms with Crippen LogP contribution in [0.5, 0.6) is 0 Å². The van der Waals surface area contributed by atoms with Crippen LogP contribution >= 0.6 is 0 Å². The average Bonchev–Trinajstić information content (AvgIpc) is 3.12. The normalized spacial score (nSPS) is 11.1. The van der Waals surface area contributed by atoms with Crippen molar-refractivity contribution < 1.29 is 9.18 Å². The number of carbonyl (C=O) groups is 1. The number of nitrogens with one attached hydrogen (secondary N) is 1. The molecular formula is C14H16FN7O. The fraction of sp³-hybridized carbons (Fsp3) is 0.286. The highest BCUT2D eigenvalue weighted by Gasteiger charge is 2.17. The number of fused-ring (bicyclic) bond motifs is 1. The van der Waals surface area contributed by atoms with Gasteiger partial charge in [0.1, 0.15) is 11.6 Å². The molecule has 3 N–H and O–H groups in total. The first-order valence-electron chi connectivity index (χ1n) is 7.06. The molecule has 0 aliphatic rings. The summed E-state index contributed by atoms with van der Waals surface area (Å²) in [7, 11) is 1.64. The zero-order chi connectivity index (χ0) is 16.4. The van der Waals surface area contributed by atoms with Crippen molar-refractivity contribution in [2.75, 3.05) is 13.6 Å². The van der Waals surface area contributed by atoms with Crippen molar-refractivity contribution in [3.8, 4) is 0 Å². The molecule has 0 aliphatic carbocycles. The summed E-state index contributed by atoms with van der Waals surface area (Å²) < 4.78 is 14.7. The van der Waals surface area contributed by atoms with Crippen molar-refractivity contribution >= 4 is 16.9 Å². The van der Waals surface area contributed by atoms with Crippen LogP contribution in [0.25, 0.3) is 11.0 Å². The number of hydrogen-bond donors (Lipinski definition) is 2. The molecule has 0 unspecified atom stereocenters. The quantitative estimate of drug-likeness (QED) is 0.714. The van der Waals surface area contributed by atoms with E-state index in [2.05, 4.69) is 20.3 Å². The predicted octanol–water partition coefficient (Wildman–Crippen LogP) is 0.524. The summed E-state index contributed by atoms with van der Waals surface area (Å²) in [5.41, 5.74) is 6.91. The van der Waals surface area contributed by atoms with Gasteiger partial charge in [-0.25, -0.2) is 9.37 Å². The molecule has 0 saturated carbocycles. The second kappa shape index (κ2) is 6.13. The standard InChI is InChI=1S/C14H16FN7O/c1-21(14(23)12-7-22(5-4-16)20-19-12)8-13-17-10-3-2-9(15)6-11(10)18-13/h2-3,6-7H,4-5,8,16H2,1H3,(H,17,18). The minimum atomic E-state index is -0.339. The van der Waals surface area contributed by atoms with Crippen LogP contribution in [-0.2, 0) is 13.1 Å².